The average Bonchev–Trinajstić information content (AvgIpc) is 2.69. The van der Waals surface area contributed by atoms with Crippen LogP contribution >= 0.6 is 92.8 Å². The van der Waals surface area contributed by atoms with Gasteiger partial charge in [0.1, 0.15) is 9.75 Å². The summed E-state index contributed by atoms with van der Waals surface area (Å²) in [6.07, 6.45) is 0.590. The van der Waals surface area contributed by atoms with Gasteiger partial charge < -0.3 is 0 Å². The predicted octanol–water partition coefficient (Wildman–Crippen LogP) is 5.21. The topological polar surface area (TPSA) is 0 Å². The van der Waals surface area contributed by atoms with Crippen molar-refractivity contribution < 1.29 is 0 Å². The number of halogens is 8. The summed E-state index contributed by atoms with van der Waals surface area (Å²) in [6.45, 7) is 0. The lowest BCUT2D eigenvalue weighted by molar-refractivity contribution is 0.299. The Labute approximate surface area is 145 Å². The number of rotatable bonds is 0. The first-order valence-corrected chi connectivity index (χ1v) is 8.69. The molecule has 0 aromatic heterocycles. The van der Waals surface area contributed by atoms with Crippen molar-refractivity contribution in [3.05, 3.63) is 0 Å². The predicted molar refractivity (Wildman–Crippen MR) is 81.8 cm³/mol. The molecule has 3 aliphatic carbocycles. The summed E-state index contributed by atoms with van der Waals surface area (Å²) in [5.74, 6) is -0.373. The summed E-state index contributed by atoms with van der Waals surface area (Å²) in [6, 6.07) is 0. The van der Waals surface area contributed by atoms with E-state index in [1.54, 1.807) is 0 Å². The van der Waals surface area contributed by atoms with Gasteiger partial charge in [-0.05, 0) is 12.3 Å². The monoisotopic (exact) mass is 408 g/mol. The molecule has 0 nitrogen and oxygen atoms in total. The first-order valence-electron chi connectivity index (χ1n) is 5.43. The molecule has 0 saturated heterocycles. The van der Waals surface area contributed by atoms with Gasteiger partial charge >= 0.3 is 0 Å². The summed E-state index contributed by atoms with van der Waals surface area (Å²) >= 11 is 51.5. The summed E-state index contributed by atoms with van der Waals surface area (Å²) in [5, 5.41) is -1.87. The molecule has 0 spiro atoms. The van der Waals surface area contributed by atoms with Crippen molar-refractivity contribution in [2.24, 2.45) is 11.8 Å². The van der Waals surface area contributed by atoms with Crippen molar-refractivity contribution >= 4 is 92.8 Å². The number of hydrogen-bond donors (Lipinski definition) is 0. The fraction of sp³-hybridized carbons (Fsp3) is 1.00. The minimum atomic E-state index is -1.43. The Morgan fingerprint density at radius 2 is 1.28 bits per heavy atom. The van der Waals surface area contributed by atoms with E-state index in [2.05, 4.69) is 0 Å². The summed E-state index contributed by atoms with van der Waals surface area (Å²) < 4.78 is -1.43. The molecule has 18 heavy (non-hydrogen) atoms. The van der Waals surface area contributed by atoms with E-state index in [9.17, 15) is 0 Å². The highest BCUT2D eigenvalue weighted by Crippen LogP contribution is 2.78. The molecule has 104 valence electrons. The molecule has 8 unspecified atom stereocenters. The van der Waals surface area contributed by atoms with Gasteiger partial charge in [0, 0.05) is 5.92 Å². The molecule has 8 atom stereocenters. The lowest BCUT2D eigenvalue weighted by atomic mass is 9.80. The molecule has 3 fully saturated rings. The van der Waals surface area contributed by atoms with Gasteiger partial charge in [-0.1, -0.05) is 23.2 Å². The van der Waals surface area contributed by atoms with E-state index in [-0.39, 0.29) is 22.6 Å². The minimum Gasteiger partial charge on any atom is -0.121 e. The van der Waals surface area contributed by atoms with Crippen LogP contribution in [0.2, 0.25) is 0 Å². The first kappa shape index (κ1) is 15.2. The Kier molecular flexibility index (Phi) is 3.55. The molecule has 3 aliphatic rings. The Hall–Kier alpha value is 2.32. The van der Waals surface area contributed by atoms with Crippen LogP contribution < -0.4 is 0 Å². The van der Waals surface area contributed by atoms with Gasteiger partial charge in [0.05, 0.1) is 21.5 Å². The van der Waals surface area contributed by atoms with Crippen molar-refractivity contribution in [1.82, 2.24) is 0 Å². The smallest absolute Gasteiger partial charge is 0.121 e. The quantitative estimate of drug-likeness (QED) is 0.480. The number of hydrogen-bond acceptors (Lipinski definition) is 0. The van der Waals surface area contributed by atoms with Crippen molar-refractivity contribution in [2.75, 3.05) is 0 Å². The maximum Gasteiger partial charge on any atom is 0.159 e. The van der Waals surface area contributed by atoms with Crippen molar-refractivity contribution in [1.29, 1.82) is 0 Å². The molecule has 0 aromatic carbocycles. The summed E-state index contributed by atoms with van der Waals surface area (Å²) in [4.78, 5) is -2.26. The van der Waals surface area contributed by atoms with Crippen molar-refractivity contribution in [3.63, 3.8) is 0 Å². The third-order valence-electron chi connectivity index (χ3n) is 4.65. The Morgan fingerprint density at radius 3 is 1.83 bits per heavy atom. The van der Waals surface area contributed by atoms with Crippen LogP contribution in [0.1, 0.15) is 6.42 Å². The summed E-state index contributed by atoms with van der Waals surface area (Å²) in [7, 11) is 0. The molecule has 3 saturated carbocycles. The highest BCUT2D eigenvalue weighted by Gasteiger charge is 2.87. The zero-order valence-electron chi connectivity index (χ0n) is 8.69. The molecule has 8 heteroatoms. The normalized spacial score (nSPS) is 65.3. The standard InChI is InChI=1S/C10H8Cl8/c11-3-1-2-4(5(3)12)9(16)7(14)6(13)8(2,15)10(9,17)18/h2-7H,1H2. The molecular weight excluding hydrogens is 404 g/mol. The zero-order chi connectivity index (χ0) is 13.7. The van der Waals surface area contributed by atoms with Crippen molar-refractivity contribution in [2.45, 2.75) is 42.0 Å². The van der Waals surface area contributed by atoms with E-state index in [1.165, 1.54) is 0 Å². The average molecular weight is 412 g/mol. The Bertz CT molecular complexity index is 399. The van der Waals surface area contributed by atoms with E-state index in [0.29, 0.717) is 6.42 Å². The second-order valence-electron chi connectivity index (χ2n) is 5.24. The minimum absolute atomic E-state index is 0.130. The van der Waals surface area contributed by atoms with Crippen LogP contribution in [0.3, 0.4) is 0 Å². The molecular formula is C10H8Cl8. The van der Waals surface area contributed by atoms with E-state index < -0.39 is 24.8 Å². The third-order valence-corrected chi connectivity index (χ3v) is 10.6. The molecule has 0 heterocycles. The lowest BCUT2D eigenvalue weighted by Gasteiger charge is -2.39. The molecule has 0 amide bonds. The van der Waals surface area contributed by atoms with Crippen LogP contribution in [0.25, 0.3) is 0 Å². The largest absolute Gasteiger partial charge is 0.159 e. The fourth-order valence-electron chi connectivity index (χ4n) is 3.82. The van der Waals surface area contributed by atoms with Gasteiger partial charge in [-0.3, -0.25) is 0 Å². The number of fused-ring (bicyclic) bond motifs is 5. The fourth-order valence-corrected chi connectivity index (χ4v) is 8.22. The Morgan fingerprint density at radius 1 is 0.778 bits per heavy atom. The van der Waals surface area contributed by atoms with Crippen molar-refractivity contribution in [3.8, 4) is 0 Å². The van der Waals surface area contributed by atoms with Gasteiger partial charge in [0.15, 0.2) is 4.33 Å². The van der Waals surface area contributed by atoms with Gasteiger partial charge in [0.25, 0.3) is 0 Å². The maximum atomic E-state index is 6.68. The summed E-state index contributed by atoms with van der Waals surface area (Å²) in [5.41, 5.74) is 0. The first-order chi connectivity index (χ1) is 8.11. The van der Waals surface area contributed by atoms with Crippen LogP contribution in [-0.2, 0) is 0 Å². The third kappa shape index (κ3) is 1.33. The second-order valence-corrected chi connectivity index (χ2v) is 9.83. The van der Waals surface area contributed by atoms with E-state index in [1.807, 2.05) is 0 Å². The van der Waals surface area contributed by atoms with Crippen LogP contribution in [0, 0.1) is 11.8 Å². The number of alkyl halides is 8. The van der Waals surface area contributed by atoms with E-state index >= 15 is 0 Å². The molecule has 0 N–H and O–H groups in total. The van der Waals surface area contributed by atoms with E-state index in [4.69, 9.17) is 92.8 Å². The molecule has 0 aliphatic heterocycles. The molecule has 3 rings (SSSR count). The highest BCUT2D eigenvalue weighted by molar-refractivity contribution is 6.63. The lowest BCUT2D eigenvalue weighted by Crippen LogP contribution is -2.50. The van der Waals surface area contributed by atoms with Crippen LogP contribution in [0.4, 0.5) is 0 Å². The van der Waals surface area contributed by atoms with Gasteiger partial charge in [-0.25, -0.2) is 0 Å². The molecule has 0 radical (unpaired) electrons. The van der Waals surface area contributed by atoms with Crippen LogP contribution in [0.15, 0.2) is 0 Å². The maximum absolute atomic E-state index is 6.68. The van der Waals surface area contributed by atoms with Crippen LogP contribution in [0.5, 0.6) is 0 Å². The van der Waals surface area contributed by atoms with Gasteiger partial charge in [-0.2, -0.15) is 0 Å². The molecule has 0 aromatic rings. The highest BCUT2D eigenvalue weighted by atomic mass is 35.5. The van der Waals surface area contributed by atoms with Gasteiger partial charge in [-0.15, -0.1) is 69.6 Å². The second kappa shape index (κ2) is 4.19. The SMILES string of the molecule is ClC1CC2C(C1Cl)C1(Cl)C(Cl)C(Cl)C2(Cl)C1(Cl)Cl. The van der Waals surface area contributed by atoms with Crippen LogP contribution in [-0.4, -0.2) is 35.6 Å². The van der Waals surface area contributed by atoms with Gasteiger partial charge in [0.2, 0.25) is 0 Å². The van der Waals surface area contributed by atoms with E-state index in [0.717, 1.165) is 0 Å². The zero-order valence-corrected chi connectivity index (χ0v) is 14.7. The molecule has 2 bridgehead atoms. The Balaban J connectivity index is 2.20.